The third kappa shape index (κ3) is 8.72. The summed E-state index contributed by atoms with van der Waals surface area (Å²) in [5.74, 6) is -1.96. The number of thioether (sulfide) groups is 1. The lowest BCUT2D eigenvalue weighted by Crippen LogP contribution is -2.38. The van der Waals surface area contributed by atoms with Crippen LogP contribution in [-0.2, 0) is 28.4 Å². The van der Waals surface area contributed by atoms with Gasteiger partial charge in [-0.2, -0.15) is 0 Å². The molecule has 2 aromatic carbocycles. The Bertz CT molecular complexity index is 1060. The molecule has 0 radical (unpaired) electrons. The Balaban J connectivity index is 1.62. The smallest absolute Gasteiger partial charge is 0.250 e. The summed E-state index contributed by atoms with van der Waals surface area (Å²) in [6.07, 6.45) is 2.16. The van der Waals surface area contributed by atoms with Crippen LogP contribution >= 0.6 is 11.8 Å². The maximum Gasteiger partial charge on any atom is 0.250 e. The van der Waals surface area contributed by atoms with Crippen molar-refractivity contribution in [1.82, 2.24) is 15.1 Å². The van der Waals surface area contributed by atoms with Crippen molar-refractivity contribution in [2.24, 2.45) is 0 Å². The molecule has 37 heavy (non-hydrogen) atoms. The maximum atomic E-state index is 13.4. The van der Waals surface area contributed by atoms with E-state index in [0.29, 0.717) is 43.9 Å². The predicted octanol–water partition coefficient (Wildman–Crippen LogP) is 4.55. The third-order valence-electron chi connectivity index (χ3n) is 6.78. The summed E-state index contributed by atoms with van der Waals surface area (Å²) >= 11 is 1.62. The van der Waals surface area contributed by atoms with Crippen molar-refractivity contribution in [2.75, 3.05) is 27.2 Å². The average molecular weight is 532 g/mol. The van der Waals surface area contributed by atoms with E-state index in [1.807, 2.05) is 36.2 Å². The number of likely N-dealkylation sites (tertiary alicyclic amines) is 1. The molecule has 1 heterocycles. The van der Waals surface area contributed by atoms with Gasteiger partial charge in [0.1, 0.15) is 12.6 Å². The predicted molar refractivity (Wildman–Crippen MR) is 142 cm³/mol. The Labute approximate surface area is 221 Å². The number of hydrogen-bond acceptors (Lipinski definition) is 6. The molecule has 1 fully saturated rings. The van der Waals surface area contributed by atoms with Gasteiger partial charge in [-0.05, 0) is 36.2 Å². The number of alkyl halides is 2. The number of likely N-dealkylation sites (N-methyl/N-ethyl adjacent to an activating group) is 1. The Morgan fingerprint density at radius 1 is 1.14 bits per heavy atom. The van der Waals surface area contributed by atoms with Gasteiger partial charge in [-0.15, -0.1) is 11.8 Å². The van der Waals surface area contributed by atoms with Crippen LogP contribution < -0.4 is 5.32 Å². The number of halogens is 2. The average Bonchev–Trinajstić information content (AvgIpc) is 2.90. The Hall–Kier alpha value is -2.62. The van der Waals surface area contributed by atoms with Gasteiger partial charge >= 0.3 is 0 Å². The van der Waals surface area contributed by atoms with Crippen molar-refractivity contribution < 1.29 is 23.2 Å². The quantitative estimate of drug-likeness (QED) is 0.302. The summed E-state index contributed by atoms with van der Waals surface area (Å²) < 4.78 is 26.8. The molecule has 9 heteroatoms. The van der Waals surface area contributed by atoms with Crippen molar-refractivity contribution in [3.8, 4) is 0 Å². The molecule has 0 spiro atoms. The van der Waals surface area contributed by atoms with Crippen LogP contribution in [0.15, 0.2) is 47.4 Å². The van der Waals surface area contributed by atoms with Gasteiger partial charge in [0, 0.05) is 68.7 Å². The summed E-state index contributed by atoms with van der Waals surface area (Å²) in [4.78, 5) is 40.0. The minimum absolute atomic E-state index is 0.0826. The fourth-order valence-corrected chi connectivity index (χ4v) is 5.40. The zero-order chi connectivity index (χ0) is 26.8. The van der Waals surface area contributed by atoms with Crippen molar-refractivity contribution in [1.29, 1.82) is 0 Å². The first kappa shape index (κ1) is 28.9. The summed E-state index contributed by atoms with van der Waals surface area (Å²) in [5.41, 5.74) is 3.65. The molecule has 1 atom stereocenters. The Morgan fingerprint density at radius 2 is 1.81 bits per heavy atom. The van der Waals surface area contributed by atoms with Crippen LogP contribution in [0, 0.1) is 0 Å². The van der Waals surface area contributed by atoms with Crippen molar-refractivity contribution in [2.45, 2.75) is 61.4 Å². The van der Waals surface area contributed by atoms with E-state index in [2.05, 4.69) is 22.3 Å². The zero-order valence-corrected chi connectivity index (χ0v) is 22.2. The highest BCUT2D eigenvalue weighted by Crippen LogP contribution is 2.31. The number of carbonyl (C=O) groups is 3. The van der Waals surface area contributed by atoms with E-state index < -0.39 is 12.0 Å². The number of benzene rings is 2. The van der Waals surface area contributed by atoms with E-state index in [1.165, 1.54) is 0 Å². The molecule has 2 aromatic rings. The maximum absolute atomic E-state index is 13.4. The minimum Gasteiger partial charge on any atom is -0.359 e. The van der Waals surface area contributed by atoms with Crippen LogP contribution in [0.2, 0.25) is 0 Å². The fourth-order valence-electron chi connectivity index (χ4n) is 4.36. The molecule has 1 unspecified atom stereocenters. The highest BCUT2D eigenvalue weighted by molar-refractivity contribution is 7.98. The second-order valence-electron chi connectivity index (χ2n) is 9.51. The summed E-state index contributed by atoms with van der Waals surface area (Å²) in [5, 5.41) is 2.57. The first-order valence-corrected chi connectivity index (χ1v) is 13.5. The molecule has 0 aliphatic carbocycles. The first-order valence-electron chi connectivity index (χ1n) is 12.5. The van der Waals surface area contributed by atoms with Gasteiger partial charge in [0.05, 0.1) is 6.04 Å². The van der Waals surface area contributed by atoms with Crippen molar-refractivity contribution >= 4 is 30.2 Å². The van der Waals surface area contributed by atoms with Gasteiger partial charge in [0.15, 0.2) is 0 Å². The molecule has 3 rings (SSSR count). The number of hydrogen-bond donors (Lipinski definition) is 1. The van der Waals surface area contributed by atoms with Crippen LogP contribution in [0.3, 0.4) is 0 Å². The van der Waals surface area contributed by atoms with Crippen LogP contribution in [0.4, 0.5) is 8.78 Å². The van der Waals surface area contributed by atoms with Crippen molar-refractivity contribution in [3.63, 3.8) is 0 Å². The first-order chi connectivity index (χ1) is 17.7. The highest BCUT2D eigenvalue weighted by atomic mass is 32.2. The molecular formula is C28H35F2N3O3S. The molecule has 1 amide bonds. The van der Waals surface area contributed by atoms with Gasteiger partial charge < -0.3 is 10.1 Å². The van der Waals surface area contributed by atoms with Gasteiger partial charge in [0.2, 0.25) is 5.91 Å². The third-order valence-corrected chi connectivity index (χ3v) is 7.96. The number of rotatable bonds is 13. The Kier molecular flexibility index (Phi) is 10.8. The lowest BCUT2D eigenvalue weighted by Gasteiger charge is -2.31. The van der Waals surface area contributed by atoms with E-state index >= 15 is 0 Å². The zero-order valence-electron chi connectivity index (χ0n) is 21.4. The SMILES string of the molecule is CNC(=O)CCC(C=O)N(C)Cc1c(C=O)cccc1SCc1ccc(CN2CCC(F)(F)CC2)cc1. The van der Waals surface area contributed by atoms with Crippen LogP contribution in [0.5, 0.6) is 0 Å². The lowest BCUT2D eigenvalue weighted by molar-refractivity contribution is -0.121. The second-order valence-corrected chi connectivity index (χ2v) is 10.5. The molecule has 6 nitrogen and oxygen atoms in total. The van der Waals surface area contributed by atoms with Gasteiger partial charge in [0.25, 0.3) is 5.92 Å². The fraction of sp³-hybridized carbons (Fsp3) is 0.464. The van der Waals surface area contributed by atoms with Gasteiger partial charge in [-0.3, -0.25) is 19.4 Å². The summed E-state index contributed by atoms with van der Waals surface area (Å²) in [6.45, 7) is 1.89. The van der Waals surface area contributed by atoms with Gasteiger partial charge in [-0.1, -0.05) is 36.4 Å². The van der Waals surface area contributed by atoms with E-state index in [0.717, 1.165) is 34.2 Å². The van der Waals surface area contributed by atoms with Gasteiger partial charge in [-0.25, -0.2) is 8.78 Å². The molecule has 0 aromatic heterocycles. The second kappa shape index (κ2) is 13.8. The Morgan fingerprint density at radius 3 is 2.43 bits per heavy atom. The van der Waals surface area contributed by atoms with E-state index in [1.54, 1.807) is 24.9 Å². The molecule has 0 bridgehead atoms. The molecule has 1 aliphatic rings. The molecule has 1 N–H and O–H groups in total. The van der Waals surface area contributed by atoms with Crippen LogP contribution in [0.1, 0.15) is 52.7 Å². The standard InChI is InChI=1S/C28H35F2N3O3S/c1-31-27(36)11-10-24(19-35)32(2)17-25-23(18-34)4-3-5-26(25)37-20-22-8-6-21(7-9-22)16-33-14-12-28(29,30)13-15-33/h3-9,18-19,24H,10-17,20H2,1-2H3,(H,31,36). The molecule has 1 saturated heterocycles. The lowest BCUT2D eigenvalue weighted by atomic mass is 10.1. The summed E-state index contributed by atoms with van der Waals surface area (Å²) in [7, 11) is 3.39. The van der Waals surface area contributed by atoms with E-state index in [4.69, 9.17) is 0 Å². The van der Waals surface area contributed by atoms with Crippen LogP contribution in [-0.4, -0.2) is 67.4 Å². The minimum atomic E-state index is -2.54. The normalized spacial score (nSPS) is 16.4. The molecule has 200 valence electrons. The summed E-state index contributed by atoms with van der Waals surface area (Å²) in [6, 6.07) is 13.3. The topological polar surface area (TPSA) is 69.7 Å². The number of amides is 1. The number of carbonyl (C=O) groups excluding carboxylic acids is 3. The molecular weight excluding hydrogens is 496 g/mol. The van der Waals surface area contributed by atoms with Crippen LogP contribution in [0.25, 0.3) is 0 Å². The highest BCUT2D eigenvalue weighted by Gasteiger charge is 2.33. The van der Waals surface area contributed by atoms with E-state index in [9.17, 15) is 23.2 Å². The van der Waals surface area contributed by atoms with E-state index in [-0.39, 0.29) is 25.2 Å². The monoisotopic (exact) mass is 531 g/mol. The molecule has 0 saturated carbocycles. The number of nitrogens with one attached hydrogen (secondary N) is 1. The number of piperidine rings is 1. The number of nitrogens with zero attached hydrogens (tertiary/aromatic N) is 2. The van der Waals surface area contributed by atoms with Crippen molar-refractivity contribution in [3.05, 3.63) is 64.7 Å². The largest absolute Gasteiger partial charge is 0.359 e. The number of aldehydes is 2. The molecule has 1 aliphatic heterocycles.